The topological polar surface area (TPSA) is 43.1 Å². The van der Waals surface area contributed by atoms with Crippen molar-refractivity contribution in [2.45, 2.75) is 12.8 Å². The molecule has 0 atom stereocenters. The standard InChI is InChI=1S/C27H16N4/c1-2-5-17-15(4-1)12-20-18(17)8-7-16-13-23-26(24(16)20)30-27-21-14-28-11-9-19(21)25-22(31(23)27)6-3-10-29-25/h1-11,14H,12-13H2. The van der Waals surface area contributed by atoms with Gasteiger partial charge in [0.05, 0.1) is 22.4 Å². The molecule has 144 valence electrons. The Morgan fingerprint density at radius 1 is 0.774 bits per heavy atom. The van der Waals surface area contributed by atoms with Crippen LogP contribution in [-0.4, -0.2) is 19.4 Å². The molecule has 2 aliphatic carbocycles. The second kappa shape index (κ2) is 5.35. The number of rotatable bonds is 0. The lowest BCUT2D eigenvalue weighted by molar-refractivity contribution is 1.09. The van der Waals surface area contributed by atoms with Crippen molar-refractivity contribution < 1.29 is 0 Å². The van der Waals surface area contributed by atoms with Crippen LogP contribution in [-0.2, 0) is 12.8 Å². The first-order chi connectivity index (χ1) is 15.4. The molecule has 4 heteroatoms. The first-order valence-electron chi connectivity index (χ1n) is 10.6. The molecule has 0 N–H and O–H groups in total. The second-order valence-electron chi connectivity index (χ2n) is 8.50. The fourth-order valence-electron chi connectivity index (χ4n) is 5.70. The molecule has 0 saturated heterocycles. The van der Waals surface area contributed by atoms with Crippen molar-refractivity contribution in [1.82, 2.24) is 19.4 Å². The van der Waals surface area contributed by atoms with Crippen molar-refractivity contribution in [2.75, 3.05) is 0 Å². The molecule has 0 amide bonds. The summed E-state index contributed by atoms with van der Waals surface area (Å²) in [6, 6.07) is 19.6. The second-order valence-corrected chi connectivity index (χ2v) is 8.50. The van der Waals surface area contributed by atoms with Crippen molar-refractivity contribution in [2.24, 2.45) is 0 Å². The van der Waals surface area contributed by atoms with Crippen molar-refractivity contribution in [3.63, 3.8) is 0 Å². The van der Waals surface area contributed by atoms with E-state index in [-0.39, 0.29) is 0 Å². The zero-order valence-electron chi connectivity index (χ0n) is 16.6. The van der Waals surface area contributed by atoms with E-state index in [0.717, 1.165) is 46.0 Å². The third-order valence-corrected chi connectivity index (χ3v) is 6.99. The van der Waals surface area contributed by atoms with Crippen LogP contribution in [0.1, 0.15) is 22.4 Å². The van der Waals surface area contributed by atoms with Crippen LogP contribution in [0.5, 0.6) is 0 Å². The van der Waals surface area contributed by atoms with Gasteiger partial charge < -0.3 is 0 Å². The fourth-order valence-corrected chi connectivity index (χ4v) is 5.70. The number of pyridine rings is 3. The molecular weight excluding hydrogens is 380 g/mol. The number of nitrogens with zero attached hydrogens (tertiary/aromatic N) is 4. The molecule has 0 bridgehead atoms. The van der Waals surface area contributed by atoms with Crippen LogP contribution in [0.25, 0.3) is 49.8 Å². The normalized spacial score (nSPS) is 13.5. The average Bonchev–Trinajstić information content (AvgIpc) is 3.48. The van der Waals surface area contributed by atoms with E-state index in [1.165, 1.54) is 39.1 Å². The summed E-state index contributed by atoms with van der Waals surface area (Å²) >= 11 is 0. The molecule has 31 heavy (non-hydrogen) atoms. The van der Waals surface area contributed by atoms with Crippen LogP contribution in [0.15, 0.2) is 73.2 Å². The number of hydrogen-bond acceptors (Lipinski definition) is 3. The van der Waals surface area contributed by atoms with Gasteiger partial charge in [-0.15, -0.1) is 0 Å². The van der Waals surface area contributed by atoms with Crippen LogP contribution in [0.2, 0.25) is 0 Å². The Morgan fingerprint density at radius 3 is 2.74 bits per heavy atom. The lowest BCUT2D eigenvalue weighted by atomic mass is 9.97. The largest absolute Gasteiger partial charge is 0.293 e. The van der Waals surface area contributed by atoms with Gasteiger partial charge in [0.15, 0.2) is 0 Å². The number of fused-ring (bicyclic) bond motifs is 14. The molecule has 4 heterocycles. The molecule has 4 nitrogen and oxygen atoms in total. The molecule has 2 aliphatic rings. The molecule has 4 aromatic heterocycles. The van der Waals surface area contributed by atoms with Gasteiger partial charge in [-0.2, -0.15) is 0 Å². The third kappa shape index (κ3) is 1.84. The number of hydrogen-bond donors (Lipinski definition) is 0. The van der Waals surface area contributed by atoms with Gasteiger partial charge in [-0.1, -0.05) is 36.4 Å². The fraction of sp³-hybridized carbons (Fsp3) is 0.0741. The highest BCUT2D eigenvalue weighted by atomic mass is 15.0. The minimum atomic E-state index is 0.894. The summed E-state index contributed by atoms with van der Waals surface area (Å²) in [5.41, 5.74) is 13.7. The van der Waals surface area contributed by atoms with Gasteiger partial charge in [0.2, 0.25) is 0 Å². The van der Waals surface area contributed by atoms with Gasteiger partial charge in [0, 0.05) is 41.3 Å². The van der Waals surface area contributed by atoms with Crippen molar-refractivity contribution in [3.05, 3.63) is 95.6 Å². The predicted octanol–water partition coefficient (Wildman–Crippen LogP) is 5.57. The van der Waals surface area contributed by atoms with E-state index >= 15 is 0 Å². The molecule has 0 spiro atoms. The van der Waals surface area contributed by atoms with Gasteiger partial charge in [0.1, 0.15) is 5.65 Å². The van der Waals surface area contributed by atoms with Crippen LogP contribution in [0, 0.1) is 0 Å². The van der Waals surface area contributed by atoms with Crippen LogP contribution >= 0.6 is 0 Å². The molecule has 8 rings (SSSR count). The van der Waals surface area contributed by atoms with E-state index in [2.05, 4.69) is 51.8 Å². The highest BCUT2D eigenvalue weighted by Gasteiger charge is 2.32. The Morgan fingerprint density at radius 2 is 1.74 bits per heavy atom. The smallest absolute Gasteiger partial charge is 0.147 e. The molecule has 0 fully saturated rings. The van der Waals surface area contributed by atoms with Crippen LogP contribution in [0.4, 0.5) is 0 Å². The van der Waals surface area contributed by atoms with Gasteiger partial charge in [-0.25, -0.2) is 4.98 Å². The van der Waals surface area contributed by atoms with Gasteiger partial charge in [0.25, 0.3) is 0 Å². The van der Waals surface area contributed by atoms with Crippen LogP contribution in [0.3, 0.4) is 0 Å². The van der Waals surface area contributed by atoms with Gasteiger partial charge in [-0.3, -0.25) is 14.4 Å². The Bertz CT molecular complexity index is 1740. The third-order valence-electron chi connectivity index (χ3n) is 6.99. The van der Waals surface area contributed by atoms with E-state index < -0.39 is 0 Å². The van der Waals surface area contributed by atoms with Crippen LogP contribution < -0.4 is 0 Å². The first kappa shape index (κ1) is 15.7. The molecular formula is C27H16N4. The Balaban J connectivity index is 1.52. The lowest BCUT2D eigenvalue weighted by Gasteiger charge is -2.09. The highest BCUT2D eigenvalue weighted by molar-refractivity contribution is 6.10. The molecule has 0 aliphatic heterocycles. The summed E-state index contributed by atoms with van der Waals surface area (Å²) in [6.45, 7) is 0. The molecule has 0 unspecified atom stereocenters. The van der Waals surface area contributed by atoms with E-state index in [9.17, 15) is 0 Å². The SMILES string of the molecule is c1ccc2c(c1)Cc1c-2ccc2c1-c1nc3c4cnccc4c4ncccc4n3c1C2. The summed E-state index contributed by atoms with van der Waals surface area (Å²) in [7, 11) is 0. The molecule has 2 aromatic carbocycles. The van der Waals surface area contributed by atoms with Crippen molar-refractivity contribution in [3.8, 4) is 22.4 Å². The average molecular weight is 396 g/mol. The van der Waals surface area contributed by atoms with Gasteiger partial charge in [-0.05, 0) is 52.4 Å². The van der Waals surface area contributed by atoms with E-state index in [1.807, 2.05) is 30.7 Å². The maximum absolute atomic E-state index is 5.25. The number of aromatic nitrogens is 4. The quantitative estimate of drug-likeness (QED) is 0.315. The summed E-state index contributed by atoms with van der Waals surface area (Å²) in [5.74, 6) is 0. The number of imidazole rings is 1. The minimum absolute atomic E-state index is 0.894. The Kier molecular flexibility index (Phi) is 2.72. The Hall–Kier alpha value is -4.05. The van der Waals surface area contributed by atoms with Crippen molar-refractivity contribution in [1.29, 1.82) is 0 Å². The maximum Gasteiger partial charge on any atom is 0.147 e. The van der Waals surface area contributed by atoms with E-state index in [1.54, 1.807) is 0 Å². The zero-order chi connectivity index (χ0) is 20.1. The molecule has 6 aromatic rings. The summed E-state index contributed by atoms with van der Waals surface area (Å²) in [6.07, 6.45) is 7.50. The monoisotopic (exact) mass is 396 g/mol. The van der Waals surface area contributed by atoms with E-state index in [0.29, 0.717) is 0 Å². The van der Waals surface area contributed by atoms with E-state index in [4.69, 9.17) is 9.97 Å². The summed E-state index contributed by atoms with van der Waals surface area (Å²) in [4.78, 5) is 14.4. The number of benzene rings is 2. The summed E-state index contributed by atoms with van der Waals surface area (Å²) < 4.78 is 2.32. The molecule has 0 radical (unpaired) electrons. The van der Waals surface area contributed by atoms with Gasteiger partial charge >= 0.3 is 0 Å². The maximum atomic E-state index is 5.25. The predicted molar refractivity (Wildman–Crippen MR) is 122 cm³/mol. The highest BCUT2D eigenvalue weighted by Crippen LogP contribution is 2.48. The Labute approximate surface area is 177 Å². The first-order valence-corrected chi connectivity index (χ1v) is 10.6. The molecule has 0 saturated carbocycles. The van der Waals surface area contributed by atoms with Crippen molar-refractivity contribution >= 4 is 27.5 Å². The minimum Gasteiger partial charge on any atom is -0.293 e. The lowest BCUT2D eigenvalue weighted by Crippen LogP contribution is -1.97. The summed E-state index contributed by atoms with van der Waals surface area (Å²) in [5, 5.41) is 2.16. The zero-order valence-corrected chi connectivity index (χ0v) is 16.6.